The molecule has 0 atom stereocenters. The van der Waals surface area contributed by atoms with Crippen molar-refractivity contribution in [2.24, 2.45) is 5.14 Å². The molecule has 0 spiro atoms. The van der Waals surface area contributed by atoms with Gasteiger partial charge in [0.15, 0.2) is 6.61 Å². The molecule has 0 aliphatic rings. The summed E-state index contributed by atoms with van der Waals surface area (Å²) >= 11 is 0. The highest BCUT2D eigenvalue weighted by molar-refractivity contribution is 7.89. The van der Waals surface area contributed by atoms with Gasteiger partial charge in [0.2, 0.25) is 16.8 Å². The first-order valence-electron chi connectivity index (χ1n) is 9.04. The molecule has 0 bridgehead atoms. The molecular weight excluding hydrogens is 414 g/mol. The van der Waals surface area contributed by atoms with Crippen LogP contribution in [0.15, 0.2) is 45.9 Å². The number of para-hydroxylation sites is 1. The number of ether oxygens (including phenoxy) is 1. The Balaban J connectivity index is 1.94. The summed E-state index contributed by atoms with van der Waals surface area (Å²) < 4.78 is 32.1. The zero-order chi connectivity index (χ0) is 22.3. The van der Waals surface area contributed by atoms with Crippen molar-refractivity contribution in [2.75, 3.05) is 25.0 Å². The number of primary sulfonamides is 1. The summed E-state index contributed by atoms with van der Waals surface area (Å²) in [5, 5.41) is 7.05. The first-order valence-corrected chi connectivity index (χ1v) is 10.6. The highest BCUT2D eigenvalue weighted by Crippen LogP contribution is 2.14. The standard InChI is InChI=1S/C19H23N3O7S/c1-3-10-22(11-16(23)21-14-7-5-4-6-13(14)2)17(24)12-28-19(25)15-8-9-18(29-15)30(20,26)27/h4-9H,3,10-12H2,1-2H3,(H,21,23)(H2,20,26,27). The van der Waals surface area contributed by atoms with Crippen molar-refractivity contribution in [3.63, 3.8) is 0 Å². The second-order valence-corrected chi connectivity index (χ2v) is 7.91. The Morgan fingerprint density at radius 2 is 1.87 bits per heavy atom. The number of carbonyl (C=O) groups is 3. The van der Waals surface area contributed by atoms with Gasteiger partial charge in [-0.05, 0) is 37.1 Å². The zero-order valence-electron chi connectivity index (χ0n) is 16.6. The summed E-state index contributed by atoms with van der Waals surface area (Å²) in [6, 6.07) is 9.31. The fraction of sp³-hybridized carbons (Fsp3) is 0.316. The molecule has 1 heterocycles. The number of benzene rings is 1. The number of furan rings is 1. The Hall–Kier alpha value is -3.18. The van der Waals surface area contributed by atoms with E-state index in [1.165, 1.54) is 4.90 Å². The predicted molar refractivity (Wildman–Crippen MR) is 107 cm³/mol. The van der Waals surface area contributed by atoms with Gasteiger partial charge in [-0.3, -0.25) is 9.59 Å². The molecule has 2 amide bonds. The van der Waals surface area contributed by atoms with Crippen LogP contribution in [-0.2, 0) is 24.3 Å². The Morgan fingerprint density at radius 1 is 1.17 bits per heavy atom. The molecule has 0 saturated heterocycles. The molecule has 30 heavy (non-hydrogen) atoms. The summed E-state index contributed by atoms with van der Waals surface area (Å²) in [6.45, 7) is 3.12. The third-order valence-electron chi connectivity index (χ3n) is 3.99. The summed E-state index contributed by atoms with van der Waals surface area (Å²) in [5.74, 6) is -2.41. The molecule has 1 aromatic heterocycles. The summed E-state index contributed by atoms with van der Waals surface area (Å²) in [6.07, 6.45) is 0.591. The second kappa shape index (κ2) is 10.0. The minimum absolute atomic E-state index is 0.213. The van der Waals surface area contributed by atoms with E-state index in [4.69, 9.17) is 14.3 Å². The SMILES string of the molecule is CCCN(CC(=O)Nc1ccccc1C)C(=O)COC(=O)c1ccc(S(N)(=O)=O)o1. The van der Waals surface area contributed by atoms with E-state index in [1.807, 2.05) is 26.0 Å². The number of amides is 2. The molecular formula is C19H23N3O7S. The lowest BCUT2D eigenvalue weighted by Crippen LogP contribution is -2.40. The molecule has 11 heteroatoms. The van der Waals surface area contributed by atoms with E-state index in [0.29, 0.717) is 12.1 Å². The second-order valence-electron chi connectivity index (χ2n) is 6.42. The van der Waals surface area contributed by atoms with E-state index in [2.05, 4.69) is 5.32 Å². The van der Waals surface area contributed by atoms with Crippen LogP contribution >= 0.6 is 0 Å². The maximum Gasteiger partial charge on any atom is 0.374 e. The van der Waals surface area contributed by atoms with Gasteiger partial charge in [0.1, 0.15) is 0 Å². The number of hydrogen-bond donors (Lipinski definition) is 2. The average molecular weight is 437 g/mol. The van der Waals surface area contributed by atoms with Crippen molar-refractivity contribution in [3.8, 4) is 0 Å². The minimum atomic E-state index is -4.10. The summed E-state index contributed by atoms with van der Waals surface area (Å²) in [7, 11) is -4.10. The largest absolute Gasteiger partial charge is 0.450 e. The van der Waals surface area contributed by atoms with E-state index in [9.17, 15) is 22.8 Å². The lowest BCUT2D eigenvalue weighted by Gasteiger charge is -2.21. The number of anilines is 1. The van der Waals surface area contributed by atoms with Crippen molar-refractivity contribution >= 4 is 33.5 Å². The first-order chi connectivity index (χ1) is 14.1. The number of carbonyl (C=O) groups excluding carboxylic acids is 3. The van der Waals surface area contributed by atoms with Gasteiger partial charge in [-0.2, -0.15) is 0 Å². The van der Waals surface area contributed by atoms with E-state index >= 15 is 0 Å². The van der Waals surface area contributed by atoms with E-state index < -0.39 is 39.4 Å². The lowest BCUT2D eigenvalue weighted by atomic mass is 10.2. The number of nitrogens with two attached hydrogens (primary N) is 1. The van der Waals surface area contributed by atoms with E-state index in [-0.39, 0.29) is 19.0 Å². The third kappa shape index (κ3) is 6.42. The fourth-order valence-corrected chi connectivity index (χ4v) is 2.97. The summed E-state index contributed by atoms with van der Waals surface area (Å²) in [4.78, 5) is 38.0. The molecule has 1 aromatic carbocycles. The lowest BCUT2D eigenvalue weighted by molar-refractivity contribution is -0.137. The van der Waals surface area contributed by atoms with Gasteiger partial charge in [-0.1, -0.05) is 25.1 Å². The zero-order valence-corrected chi connectivity index (χ0v) is 17.4. The van der Waals surface area contributed by atoms with Crippen LogP contribution in [0.2, 0.25) is 0 Å². The van der Waals surface area contributed by atoms with Gasteiger partial charge in [0.05, 0.1) is 6.54 Å². The molecule has 0 unspecified atom stereocenters. The normalized spacial score (nSPS) is 11.0. The Morgan fingerprint density at radius 3 is 2.47 bits per heavy atom. The van der Waals surface area contributed by atoms with Crippen molar-refractivity contribution < 1.29 is 32.0 Å². The van der Waals surface area contributed by atoms with Crippen LogP contribution in [-0.4, -0.2) is 50.8 Å². The fourth-order valence-electron chi connectivity index (χ4n) is 2.51. The molecule has 10 nitrogen and oxygen atoms in total. The maximum absolute atomic E-state index is 12.4. The molecule has 0 radical (unpaired) electrons. The highest BCUT2D eigenvalue weighted by Gasteiger charge is 2.22. The highest BCUT2D eigenvalue weighted by atomic mass is 32.2. The first kappa shape index (κ1) is 23.1. The van der Waals surface area contributed by atoms with Crippen molar-refractivity contribution in [3.05, 3.63) is 47.7 Å². The van der Waals surface area contributed by atoms with Gasteiger partial charge in [-0.15, -0.1) is 0 Å². The molecule has 0 saturated carbocycles. The van der Waals surface area contributed by atoms with Crippen molar-refractivity contribution in [1.82, 2.24) is 4.90 Å². The van der Waals surface area contributed by atoms with Gasteiger partial charge in [0, 0.05) is 12.2 Å². The van der Waals surface area contributed by atoms with Crippen LogP contribution in [0.1, 0.15) is 29.5 Å². The monoisotopic (exact) mass is 437 g/mol. The van der Waals surface area contributed by atoms with Crippen LogP contribution in [0, 0.1) is 6.92 Å². The van der Waals surface area contributed by atoms with Crippen LogP contribution < -0.4 is 10.5 Å². The number of aryl methyl sites for hydroxylation is 1. The number of hydrogen-bond acceptors (Lipinski definition) is 7. The smallest absolute Gasteiger partial charge is 0.374 e. The van der Waals surface area contributed by atoms with Crippen molar-refractivity contribution in [2.45, 2.75) is 25.4 Å². The average Bonchev–Trinajstić information content (AvgIpc) is 3.18. The van der Waals surface area contributed by atoms with Crippen LogP contribution in [0.3, 0.4) is 0 Å². The minimum Gasteiger partial charge on any atom is -0.450 e. The number of nitrogens with zero attached hydrogens (tertiary/aromatic N) is 1. The molecule has 0 aliphatic heterocycles. The van der Waals surface area contributed by atoms with Gasteiger partial charge in [-0.25, -0.2) is 18.4 Å². The topological polar surface area (TPSA) is 149 Å². The Kier molecular flexibility index (Phi) is 7.72. The van der Waals surface area contributed by atoms with Gasteiger partial charge >= 0.3 is 5.97 Å². The molecule has 2 aromatic rings. The third-order valence-corrected chi connectivity index (χ3v) is 4.77. The number of rotatable bonds is 9. The van der Waals surface area contributed by atoms with Gasteiger partial charge in [0.25, 0.3) is 15.9 Å². The van der Waals surface area contributed by atoms with Gasteiger partial charge < -0.3 is 19.4 Å². The van der Waals surface area contributed by atoms with Crippen LogP contribution in [0.5, 0.6) is 0 Å². The van der Waals surface area contributed by atoms with E-state index in [1.54, 1.807) is 12.1 Å². The molecule has 2 rings (SSSR count). The maximum atomic E-state index is 12.4. The molecule has 0 aliphatic carbocycles. The van der Waals surface area contributed by atoms with Crippen molar-refractivity contribution in [1.29, 1.82) is 0 Å². The Labute approximate surface area is 174 Å². The van der Waals surface area contributed by atoms with Crippen LogP contribution in [0.4, 0.5) is 5.69 Å². The molecule has 0 fully saturated rings. The quantitative estimate of drug-likeness (QED) is 0.561. The predicted octanol–water partition coefficient (Wildman–Crippen LogP) is 1.27. The molecule has 162 valence electrons. The van der Waals surface area contributed by atoms with Crippen LogP contribution in [0.25, 0.3) is 0 Å². The summed E-state index contributed by atoms with van der Waals surface area (Å²) in [5.41, 5.74) is 1.52. The number of nitrogens with one attached hydrogen (secondary N) is 1. The molecule has 3 N–H and O–H groups in total. The number of sulfonamides is 1. The number of esters is 1. The van der Waals surface area contributed by atoms with E-state index in [0.717, 1.165) is 17.7 Å². The Bertz CT molecular complexity index is 1030.